The summed E-state index contributed by atoms with van der Waals surface area (Å²) >= 11 is 0. The van der Waals surface area contributed by atoms with Crippen molar-refractivity contribution in [2.45, 2.75) is 18.8 Å². The molecule has 4 amide bonds. The molecule has 6 unspecified atom stereocenters. The second-order valence-electron chi connectivity index (χ2n) is 16.4. The molecule has 1 N–H and O–H groups in total. The van der Waals surface area contributed by atoms with Gasteiger partial charge in [0.15, 0.2) is 0 Å². The van der Waals surface area contributed by atoms with Crippen LogP contribution in [0.5, 0.6) is 5.75 Å². The van der Waals surface area contributed by atoms with Crippen molar-refractivity contribution >= 4 is 69.1 Å². The van der Waals surface area contributed by atoms with Crippen LogP contribution in [0.2, 0.25) is 0 Å². The number of amides is 4. The van der Waals surface area contributed by atoms with Gasteiger partial charge in [0.2, 0.25) is 23.6 Å². The van der Waals surface area contributed by atoms with Crippen molar-refractivity contribution in [1.82, 2.24) is 0 Å². The number of azo groups is 2. The van der Waals surface area contributed by atoms with Crippen molar-refractivity contribution in [1.29, 1.82) is 0 Å². The van der Waals surface area contributed by atoms with Crippen LogP contribution in [0.1, 0.15) is 24.3 Å². The van der Waals surface area contributed by atoms with Gasteiger partial charge in [-0.25, -0.2) is 0 Å². The molecular weight excluding hydrogens is 769 g/mol. The summed E-state index contributed by atoms with van der Waals surface area (Å²) in [4.78, 5) is 64.2. The maximum atomic E-state index is 14.6. The molecule has 2 aliphatic carbocycles. The van der Waals surface area contributed by atoms with Gasteiger partial charge in [-0.1, -0.05) is 23.8 Å². The number of nitrogens with zero attached hydrogens (tertiary/aromatic N) is 8. The zero-order chi connectivity index (χ0) is 42.5. The largest absolute Gasteiger partial charge is 0.508 e. The van der Waals surface area contributed by atoms with Gasteiger partial charge in [-0.2, -0.15) is 20.5 Å². The van der Waals surface area contributed by atoms with E-state index in [1.165, 1.54) is 9.80 Å². The van der Waals surface area contributed by atoms with Crippen LogP contribution in [0.4, 0.5) is 45.5 Å². The number of fused-ring (bicyclic) bond motifs is 4. The molecule has 5 aromatic rings. The Morgan fingerprint density at radius 1 is 0.492 bits per heavy atom. The Morgan fingerprint density at radius 3 is 1.34 bits per heavy atom. The van der Waals surface area contributed by atoms with E-state index in [2.05, 4.69) is 20.5 Å². The summed E-state index contributed by atoms with van der Waals surface area (Å²) in [6.07, 6.45) is 2.58. The van der Waals surface area contributed by atoms with Crippen LogP contribution in [0.15, 0.2) is 153 Å². The molecule has 3 fully saturated rings. The Morgan fingerprint density at radius 2 is 0.902 bits per heavy atom. The van der Waals surface area contributed by atoms with E-state index in [4.69, 9.17) is 0 Å². The van der Waals surface area contributed by atoms with Gasteiger partial charge in [-0.15, -0.1) is 0 Å². The Balaban J connectivity index is 0.972. The number of carbonyl (C=O) groups excluding carboxylic acids is 4. The predicted octanol–water partition coefficient (Wildman–Crippen LogP) is 9.40. The topological polar surface area (TPSA) is 151 Å². The summed E-state index contributed by atoms with van der Waals surface area (Å²) in [5.74, 6) is -5.02. The van der Waals surface area contributed by atoms with Gasteiger partial charge in [0.05, 0.1) is 57.8 Å². The average molecular weight is 813 g/mol. The maximum absolute atomic E-state index is 14.6. The predicted molar refractivity (Wildman–Crippen MR) is 233 cm³/mol. The van der Waals surface area contributed by atoms with E-state index in [0.29, 0.717) is 40.5 Å². The first-order valence-electron chi connectivity index (χ1n) is 20.3. The number of imide groups is 2. The number of phenols is 1. The lowest BCUT2D eigenvalue weighted by atomic mass is 9.57. The van der Waals surface area contributed by atoms with Crippen molar-refractivity contribution in [2.75, 3.05) is 47.8 Å². The Kier molecular flexibility index (Phi) is 10.1. The number of phenolic OH excluding ortho intramolecular Hbond substituents is 1. The number of rotatable bonds is 9. The summed E-state index contributed by atoms with van der Waals surface area (Å²) in [7, 11) is 7.86. The van der Waals surface area contributed by atoms with Gasteiger partial charge in [-0.05, 0) is 134 Å². The minimum atomic E-state index is -0.739. The number of aromatic hydroxyl groups is 1. The van der Waals surface area contributed by atoms with Crippen LogP contribution in [0, 0.1) is 29.6 Å². The molecule has 13 heteroatoms. The molecule has 2 heterocycles. The molecule has 306 valence electrons. The third kappa shape index (κ3) is 7.15. The Bertz CT molecular complexity index is 2600. The number of anilines is 4. The van der Waals surface area contributed by atoms with E-state index < -0.39 is 35.5 Å². The molecule has 2 saturated heterocycles. The van der Waals surface area contributed by atoms with Crippen LogP contribution >= 0.6 is 0 Å². The zero-order valence-electron chi connectivity index (χ0n) is 34.2. The van der Waals surface area contributed by atoms with Gasteiger partial charge in [0.25, 0.3) is 0 Å². The molecule has 2 aliphatic heterocycles. The van der Waals surface area contributed by atoms with Crippen molar-refractivity contribution in [2.24, 2.45) is 50.0 Å². The molecule has 1 saturated carbocycles. The average Bonchev–Trinajstić information content (AvgIpc) is 3.68. The highest BCUT2D eigenvalue weighted by Crippen LogP contribution is 2.58. The van der Waals surface area contributed by atoms with Gasteiger partial charge in [-0.3, -0.25) is 29.0 Å². The van der Waals surface area contributed by atoms with E-state index in [-0.39, 0.29) is 35.8 Å². The summed E-state index contributed by atoms with van der Waals surface area (Å²) in [5, 5.41) is 27.6. The van der Waals surface area contributed by atoms with E-state index in [9.17, 15) is 24.3 Å². The Labute approximate surface area is 353 Å². The van der Waals surface area contributed by atoms with Crippen molar-refractivity contribution in [3.8, 4) is 5.75 Å². The summed E-state index contributed by atoms with van der Waals surface area (Å²) in [5.41, 5.74) is 7.08. The van der Waals surface area contributed by atoms with Crippen LogP contribution < -0.4 is 19.6 Å². The number of benzene rings is 5. The fourth-order valence-corrected chi connectivity index (χ4v) is 9.36. The molecular formula is C48H44N8O5. The molecule has 0 spiro atoms. The first-order valence-corrected chi connectivity index (χ1v) is 20.3. The van der Waals surface area contributed by atoms with Crippen LogP contribution in [-0.4, -0.2) is 56.9 Å². The molecule has 0 aromatic heterocycles. The highest BCUT2D eigenvalue weighted by atomic mass is 16.3. The molecule has 6 atom stereocenters. The van der Waals surface area contributed by atoms with Crippen LogP contribution in [-0.2, 0) is 19.2 Å². The molecule has 0 bridgehead atoms. The standard InChI is InChI=1S/C48H44N8O5/c1-53(2)33-15-7-29(8-16-33)49-51-31-11-19-35(20-12-31)55-45(58)39-26-25-38-40(43(39)47(55)60)27-41-44(42(38)28-5-23-37(57)24-6-28)48(61)56(46(41)59)36-21-13-32(14-22-36)52-50-30-9-17-34(18-10-30)54(3)4/h5-25,39-44,57H,26-27H2,1-4H3. The molecule has 13 nitrogen and oxygen atoms in total. The fourth-order valence-electron chi connectivity index (χ4n) is 9.36. The normalized spacial score (nSPS) is 23.4. The van der Waals surface area contributed by atoms with Crippen molar-refractivity contribution < 1.29 is 24.3 Å². The van der Waals surface area contributed by atoms with E-state index in [0.717, 1.165) is 22.5 Å². The van der Waals surface area contributed by atoms with Crippen molar-refractivity contribution in [3.63, 3.8) is 0 Å². The second kappa shape index (κ2) is 15.7. The maximum Gasteiger partial charge on any atom is 0.238 e. The highest BCUT2D eigenvalue weighted by Gasteiger charge is 2.62. The molecule has 5 aromatic carbocycles. The quantitative estimate of drug-likeness (QED) is 0.0885. The third-order valence-corrected chi connectivity index (χ3v) is 12.4. The van der Waals surface area contributed by atoms with Gasteiger partial charge in [0, 0.05) is 45.5 Å². The lowest BCUT2D eigenvalue weighted by Crippen LogP contribution is -2.43. The van der Waals surface area contributed by atoms with E-state index >= 15 is 0 Å². The SMILES string of the molecule is CN(C)c1ccc(N=Nc2ccc(N3C(=O)C4CC=C5C(CC6C(=O)N(c7ccc(N=Nc8ccc(N(C)C)cc8)cc7)C(=O)C6C5c5ccc(O)cc5)C4C3=O)cc2)cc1. The van der Waals surface area contributed by atoms with E-state index in [1.807, 2.05) is 92.6 Å². The monoisotopic (exact) mass is 812 g/mol. The van der Waals surface area contributed by atoms with Gasteiger partial charge in [0.1, 0.15) is 5.75 Å². The summed E-state index contributed by atoms with van der Waals surface area (Å²) in [6, 6.07) is 35.7. The van der Waals surface area contributed by atoms with Gasteiger partial charge < -0.3 is 14.9 Å². The van der Waals surface area contributed by atoms with Crippen LogP contribution in [0.3, 0.4) is 0 Å². The number of carbonyl (C=O) groups is 4. The smallest absolute Gasteiger partial charge is 0.238 e. The zero-order valence-corrected chi connectivity index (χ0v) is 34.2. The van der Waals surface area contributed by atoms with Crippen molar-refractivity contribution in [3.05, 3.63) is 139 Å². The van der Waals surface area contributed by atoms with Gasteiger partial charge >= 0.3 is 0 Å². The highest BCUT2D eigenvalue weighted by molar-refractivity contribution is 6.24. The first-order chi connectivity index (χ1) is 29.5. The second-order valence-corrected chi connectivity index (χ2v) is 16.4. The van der Waals surface area contributed by atoms with E-state index in [1.54, 1.807) is 72.8 Å². The lowest BCUT2D eigenvalue weighted by Gasteiger charge is -2.44. The number of hydrogen-bond donors (Lipinski definition) is 1. The summed E-state index contributed by atoms with van der Waals surface area (Å²) in [6.45, 7) is 0. The number of allylic oxidation sites excluding steroid dienone is 2. The number of hydrogen-bond acceptors (Lipinski definition) is 11. The lowest BCUT2D eigenvalue weighted by molar-refractivity contribution is -0.126. The fraction of sp³-hybridized carbons (Fsp3) is 0.250. The third-order valence-electron chi connectivity index (χ3n) is 12.4. The molecule has 0 radical (unpaired) electrons. The molecule has 4 aliphatic rings. The minimum absolute atomic E-state index is 0.0713. The first kappa shape index (κ1) is 39.2. The molecule has 9 rings (SSSR count). The minimum Gasteiger partial charge on any atom is -0.508 e. The van der Waals surface area contributed by atoms with Crippen LogP contribution in [0.25, 0.3) is 0 Å². The summed E-state index contributed by atoms with van der Waals surface area (Å²) < 4.78 is 0. The Hall–Kier alpha value is -7.28. The molecule has 61 heavy (non-hydrogen) atoms.